The molecule has 0 radical (unpaired) electrons. The number of carbonyl (C=O) groups excluding carboxylic acids is 5. The van der Waals surface area contributed by atoms with Crippen molar-refractivity contribution in [1.82, 2.24) is 15.1 Å². The van der Waals surface area contributed by atoms with Gasteiger partial charge in [-0.05, 0) is 44.4 Å². The van der Waals surface area contributed by atoms with Crippen LogP contribution in [0.25, 0.3) is 0 Å². The molecule has 0 aromatic rings. The second-order valence-corrected chi connectivity index (χ2v) is 13.0. The van der Waals surface area contributed by atoms with Gasteiger partial charge in [0, 0.05) is 44.8 Å². The lowest BCUT2D eigenvalue weighted by Crippen LogP contribution is -2.54. The molecule has 11 heteroatoms. The molecular weight excluding hydrogens is 512 g/mol. The van der Waals surface area contributed by atoms with Crippen molar-refractivity contribution in [2.24, 2.45) is 16.6 Å². The van der Waals surface area contributed by atoms with Gasteiger partial charge in [-0.2, -0.15) is 0 Å². The molecule has 38 heavy (non-hydrogen) atoms. The van der Waals surface area contributed by atoms with Gasteiger partial charge in [0.15, 0.2) is 0 Å². The largest absolute Gasteiger partial charge is 0.444 e. The molecule has 0 aliphatic carbocycles. The van der Waals surface area contributed by atoms with Gasteiger partial charge in [-0.1, -0.05) is 41.5 Å². The summed E-state index contributed by atoms with van der Waals surface area (Å²) in [7, 11) is 0. The van der Waals surface area contributed by atoms with Gasteiger partial charge in [-0.25, -0.2) is 4.79 Å². The highest BCUT2D eigenvalue weighted by molar-refractivity contribution is 5.98. The van der Waals surface area contributed by atoms with Crippen LogP contribution in [0.1, 0.15) is 101 Å². The highest BCUT2D eigenvalue weighted by Crippen LogP contribution is 2.23. The molecular formula is C27H49ClN4O6. The number of nitrogens with two attached hydrogens (primary N) is 1. The molecule has 2 aliphatic rings. The molecule has 0 aromatic heterocycles. The van der Waals surface area contributed by atoms with Crippen molar-refractivity contribution in [3.63, 3.8) is 0 Å². The normalized spacial score (nSPS) is 18.7. The van der Waals surface area contributed by atoms with Gasteiger partial charge < -0.3 is 15.8 Å². The number of piperidine rings is 2. The summed E-state index contributed by atoms with van der Waals surface area (Å²) in [6.45, 7) is 17.8. The van der Waals surface area contributed by atoms with Crippen molar-refractivity contribution in [3.8, 4) is 0 Å². The second-order valence-electron chi connectivity index (χ2n) is 13.0. The number of amides is 5. The predicted octanol–water partition coefficient (Wildman–Crippen LogP) is 3.79. The highest BCUT2D eigenvalue weighted by Gasteiger charge is 2.35. The summed E-state index contributed by atoms with van der Waals surface area (Å²) < 4.78 is 5.27. The van der Waals surface area contributed by atoms with Crippen molar-refractivity contribution in [1.29, 1.82) is 0 Å². The first kappa shape index (κ1) is 35.8. The quantitative estimate of drug-likeness (QED) is 0.488. The minimum absolute atomic E-state index is 0. The minimum atomic E-state index is -0.594. The fourth-order valence-corrected chi connectivity index (χ4v) is 3.65. The van der Waals surface area contributed by atoms with E-state index in [2.05, 4.69) is 5.32 Å². The molecule has 0 unspecified atom stereocenters. The van der Waals surface area contributed by atoms with Crippen molar-refractivity contribution in [2.75, 3.05) is 13.1 Å². The van der Waals surface area contributed by atoms with E-state index >= 15 is 0 Å². The molecule has 3 N–H and O–H groups in total. The van der Waals surface area contributed by atoms with Gasteiger partial charge in [0.25, 0.3) is 0 Å². The maximum atomic E-state index is 12.0. The monoisotopic (exact) mass is 560 g/mol. The zero-order valence-electron chi connectivity index (χ0n) is 24.6. The molecule has 0 bridgehead atoms. The summed E-state index contributed by atoms with van der Waals surface area (Å²) in [5.41, 5.74) is 4.97. The number of halogens is 1. The lowest BCUT2D eigenvalue weighted by Gasteiger charge is -2.36. The maximum Gasteiger partial charge on any atom is 0.407 e. The van der Waals surface area contributed by atoms with Crippen molar-refractivity contribution in [3.05, 3.63) is 0 Å². The van der Waals surface area contributed by atoms with Crippen LogP contribution >= 0.6 is 12.4 Å². The first-order chi connectivity index (χ1) is 16.7. The van der Waals surface area contributed by atoms with E-state index in [1.807, 2.05) is 41.5 Å². The molecule has 2 rings (SSSR count). The standard InChI is InChI=1S/C16H28N2O4.C11H20N2O2.ClH/c1-15(2,3)11(17-14(21)22-16(4,5)6)10-18-12(19)8-7-9-13(18)20;1-11(2,3)8(12)7-13-9(14)5-4-6-10(13)15;/h11H,7-10H2,1-6H3,(H,17,21);8H,4-7,12H2,1-3H3;1H/t11-;8-;/m01./s1. The molecule has 2 heterocycles. The lowest BCUT2D eigenvalue weighted by molar-refractivity contribution is -0.150. The Kier molecular flexibility index (Phi) is 13.4. The van der Waals surface area contributed by atoms with Crippen molar-refractivity contribution >= 4 is 42.1 Å². The summed E-state index contributed by atoms with van der Waals surface area (Å²) in [6.07, 6.45) is 2.46. The van der Waals surface area contributed by atoms with Gasteiger partial charge in [0.2, 0.25) is 23.6 Å². The molecule has 0 spiro atoms. The third-order valence-corrected chi connectivity index (χ3v) is 6.36. The van der Waals surface area contributed by atoms with E-state index in [1.165, 1.54) is 9.80 Å². The first-order valence-corrected chi connectivity index (χ1v) is 13.1. The minimum Gasteiger partial charge on any atom is -0.444 e. The van der Waals surface area contributed by atoms with Crippen LogP contribution in [-0.2, 0) is 23.9 Å². The van der Waals surface area contributed by atoms with E-state index in [4.69, 9.17) is 10.5 Å². The predicted molar refractivity (Wildman–Crippen MR) is 148 cm³/mol. The topological polar surface area (TPSA) is 139 Å². The van der Waals surface area contributed by atoms with Crippen LogP contribution in [0.5, 0.6) is 0 Å². The van der Waals surface area contributed by atoms with E-state index in [0.717, 1.165) is 0 Å². The summed E-state index contributed by atoms with van der Waals surface area (Å²) in [4.78, 5) is 61.5. The third kappa shape index (κ3) is 12.1. The molecule has 2 fully saturated rings. The summed E-state index contributed by atoms with van der Waals surface area (Å²) in [5.74, 6) is -0.495. The molecule has 0 aromatic carbocycles. The van der Waals surface area contributed by atoms with Gasteiger partial charge in [-0.3, -0.25) is 29.0 Å². The number of nitrogens with zero attached hydrogens (tertiary/aromatic N) is 2. The van der Waals surface area contributed by atoms with E-state index in [1.54, 1.807) is 20.8 Å². The van der Waals surface area contributed by atoms with Gasteiger partial charge in [-0.15, -0.1) is 12.4 Å². The number of likely N-dealkylation sites (tertiary alicyclic amines) is 2. The van der Waals surface area contributed by atoms with E-state index in [0.29, 0.717) is 45.1 Å². The smallest absolute Gasteiger partial charge is 0.407 e. The SMILES string of the molecule is CC(C)(C)OC(=O)N[C@@H](CN1C(=O)CCCC1=O)C(C)(C)C.CC(C)(C)[C@H](N)CN1C(=O)CCCC1=O.Cl. The Morgan fingerprint density at radius 2 is 1.13 bits per heavy atom. The molecule has 0 saturated carbocycles. The lowest BCUT2D eigenvalue weighted by atomic mass is 9.86. The van der Waals surface area contributed by atoms with Crippen LogP contribution < -0.4 is 11.1 Å². The van der Waals surface area contributed by atoms with Crippen LogP contribution in [0.15, 0.2) is 0 Å². The average molecular weight is 561 g/mol. The average Bonchev–Trinajstić information content (AvgIpc) is 2.70. The number of rotatable bonds is 5. The van der Waals surface area contributed by atoms with Gasteiger partial charge >= 0.3 is 6.09 Å². The molecule has 2 atom stereocenters. The van der Waals surface area contributed by atoms with Crippen LogP contribution in [0.4, 0.5) is 4.79 Å². The van der Waals surface area contributed by atoms with E-state index < -0.39 is 11.7 Å². The number of carbonyl (C=O) groups is 5. The Hall–Kier alpha value is -2.20. The zero-order valence-corrected chi connectivity index (χ0v) is 25.5. The zero-order chi connectivity index (χ0) is 28.8. The van der Waals surface area contributed by atoms with Crippen molar-refractivity contribution in [2.45, 2.75) is 119 Å². The summed E-state index contributed by atoms with van der Waals surface area (Å²) in [5, 5.41) is 2.79. The number of nitrogens with one attached hydrogen (secondary N) is 1. The van der Waals surface area contributed by atoms with Crippen LogP contribution in [0, 0.1) is 10.8 Å². The van der Waals surface area contributed by atoms with Crippen LogP contribution in [0.2, 0.25) is 0 Å². The molecule has 2 saturated heterocycles. The number of imide groups is 2. The fraction of sp³-hybridized carbons (Fsp3) is 0.815. The number of hydrogen-bond donors (Lipinski definition) is 2. The first-order valence-electron chi connectivity index (χ1n) is 13.1. The second kappa shape index (κ2) is 14.3. The molecule has 5 amide bonds. The Labute approximate surface area is 234 Å². The van der Waals surface area contributed by atoms with E-state index in [9.17, 15) is 24.0 Å². The number of ether oxygens (including phenoxy) is 1. The highest BCUT2D eigenvalue weighted by atomic mass is 35.5. The Balaban J connectivity index is 0.000000750. The summed E-state index contributed by atoms with van der Waals surface area (Å²) >= 11 is 0. The number of hydrogen-bond acceptors (Lipinski definition) is 7. The van der Waals surface area contributed by atoms with Gasteiger partial charge in [0.05, 0.1) is 6.04 Å². The third-order valence-electron chi connectivity index (χ3n) is 6.36. The Morgan fingerprint density at radius 3 is 1.45 bits per heavy atom. The van der Waals surface area contributed by atoms with Gasteiger partial charge in [0.1, 0.15) is 5.60 Å². The Bertz CT molecular complexity index is 825. The molecule has 10 nitrogen and oxygen atoms in total. The molecule has 2 aliphatic heterocycles. The Morgan fingerprint density at radius 1 is 0.763 bits per heavy atom. The summed E-state index contributed by atoms with van der Waals surface area (Å²) in [6, 6.07) is -0.531. The van der Waals surface area contributed by atoms with Crippen LogP contribution in [0.3, 0.4) is 0 Å². The maximum absolute atomic E-state index is 12.0. The van der Waals surface area contributed by atoms with Crippen LogP contribution in [-0.4, -0.2) is 70.3 Å². The fourth-order valence-electron chi connectivity index (χ4n) is 3.65. The molecule has 220 valence electrons. The number of alkyl carbamates (subject to hydrolysis) is 1. The van der Waals surface area contributed by atoms with Crippen molar-refractivity contribution < 1.29 is 28.7 Å². The van der Waals surface area contributed by atoms with E-state index in [-0.39, 0.29) is 65.5 Å².